The molecule has 0 saturated carbocycles. The van der Waals surface area contributed by atoms with Crippen LogP contribution >= 0.6 is 11.3 Å². The van der Waals surface area contributed by atoms with Gasteiger partial charge in [-0.25, -0.2) is 9.78 Å². The minimum atomic E-state index is -0.249. The molecule has 4 heterocycles. The lowest BCUT2D eigenvalue weighted by Crippen LogP contribution is -2.35. The molecule has 3 aromatic rings. The molecule has 1 aliphatic heterocycles. The molecule has 21 heavy (non-hydrogen) atoms. The molecule has 1 aliphatic rings. The summed E-state index contributed by atoms with van der Waals surface area (Å²) in [4.78, 5) is 20.2. The minimum Gasteiger partial charge on any atom is -0.450 e. The summed E-state index contributed by atoms with van der Waals surface area (Å²) in [6.45, 7) is 3.46. The molecule has 0 aliphatic carbocycles. The summed E-state index contributed by atoms with van der Waals surface area (Å²) in [5.74, 6) is 0. The number of nitrogens with zero attached hydrogens (tertiary/aromatic N) is 5. The third-order valence-electron chi connectivity index (χ3n) is 3.66. The summed E-state index contributed by atoms with van der Waals surface area (Å²) >= 11 is 1.62. The van der Waals surface area contributed by atoms with E-state index in [1.165, 1.54) is 5.56 Å². The number of aromatic nitrogens is 4. The van der Waals surface area contributed by atoms with Crippen LogP contribution in [0.25, 0.3) is 15.9 Å². The van der Waals surface area contributed by atoms with Gasteiger partial charge in [0.15, 0.2) is 5.65 Å². The second kappa shape index (κ2) is 4.66. The van der Waals surface area contributed by atoms with Crippen LogP contribution in [-0.2, 0) is 17.7 Å². The van der Waals surface area contributed by atoms with Crippen molar-refractivity contribution in [3.8, 4) is 0 Å². The Labute approximate surface area is 124 Å². The van der Waals surface area contributed by atoms with Crippen LogP contribution in [0.3, 0.4) is 0 Å². The molecule has 0 N–H and O–H groups in total. The lowest BCUT2D eigenvalue weighted by Gasteiger charge is -2.25. The molecular weight excluding hydrogens is 290 g/mol. The molecule has 0 fully saturated rings. The Morgan fingerprint density at radius 2 is 2.38 bits per heavy atom. The maximum absolute atomic E-state index is 11.9. The predicted octanol–water partition coefficient (Wildman–Crippen LogP) is 1.85. The highest BCUT2D eigenvalue weighted by molar-refractivity contribution is 7.19. The number of hydrogen-bond donors (Lipinski definition) is 0. The maximum Gasteiger partial charge on any atom is 0.410 e. The van der Waals surface area contributed by atoms with Crippen molar-refractivity contribution in [2.75, 3.05) is 13.2 Å². The van der Waals surface area contributed by atoms with Crippen LogP contribution in [-0.4, -0.2) is 43.7 Å². The van der Waals surface area contributed by atoms with Gasteiger partial charge in [0.05, 0.1) is 18.5 Å². The number of amides is 1. The Morgan fingerprint density at radius 3 is 3.24 bits per heavy atom. The summed E-state index contributed by atoms with van der Waals surface area (Å²) in [7, 11) is 0. The van der Waals surface area contributed by atoms with E-state index in [2.05, 4.69) is 15.2 Å². The van der Waals surface area contributed by atoms with Crippen LogP contribution in [0.1, 0.15) is 17.4 Å². The van der Waals surface area contributed by atoms with Gasteiger partial charge in [-0.3, -0.25) is 4.40 Å². The number of fused-ring (bicyclic) bond motifs is 5. The van der Waals surface area contributed by atoms with Crippen molar-refractivity contribution in [2.24, 2.45) is 0 Å². The average Bonchev–Trinajstić information content (AvgIpc) is 3.09. The molecule has 4 rings (SSSR count). The molecule has 0 bridgehead atoms. The van der Waals surface area contributed by atoms with Gasteiger partial charge < -0.3 is 9.64 Å². The van der Waals surface area contributed by atoms with Gasteiger partial charge in [-0.2, -0.15) is 0 Å². The first-order valence-corrected chi connectivity index (χ1v) is 7.60. The monoisotopic (exact) mass is 303 g/mol. The third-order valence-corrected chi connectivity index (χ3v) is 4.79. The first kappa shape index (κ1) is 12.5. The molecule has 0 unspecified atom stereocenters. The Bertz CT molecular complexity index is 840. The van der Waals surface area contributed by atoms with Crippen molar-refractivity contribution < 1.29 is 9.53 Å². The summed E-state index contributed by atoms with van der Waals surface area (Å²) in [5.41, 5.74) is 2.07. The highest BCUT2D eigenvalue weighted by atomic mass is 32.1. The first-order valence-electron chi connectivity index (χ1n) is 6.78. The van der Waals surface area contributed by atoms with Gasteiger partial charge >= 0.3 is 6.09 Å². The second-order valence-corrected chi connectivity index (χ2v) is 5.94. The fraction of sp³-hybridized carbons (Fsp3) is 0.385. The summed E-state index contributed by atoms with van der Waals surface area (Å²) in [6, 6.07) is 0. The fourth-order valence-electron chi connectivity index (χ4n) is 2.70. The van der Waals surface area contributed by atoms with E-state index in [1.54, 1.807) is 28.9 Å². The minimum absolute atomic E-state index is 0.249. The van der Waals surface area contributed by atoms with Crippen molar-refractivity contribution in [1.82, 2.24) is 24.5 Å². The first-order chi connectivity index (χ1) is 10.3. The van der Waals surface area contributed by atoms with Crippen molar-refractivity contribution in [3.63, 3.8) is 0 Å². The van der Waals surface area contributed by atoms with E-state index in [-0.39, 0.29) is 6.09 Å². The molecule has 7 nitrogen and oxygen atoms in total. The number of thiophene rings is 1. The van der Waals surface area contributed by atoms with E-state index in [0.717, 1.165) is 27.2 Å². The van der Waals surface area contributed by atoms with Crippen molar-refractivity contribution in [1.29, 1.82) is 0 Å². The standard InChI is InChI=1S/C13H13N5O2S/c1-2-20-13(19)17-4-3-8-9(5-17)21-12-10(8)11-16-15-7-18(11)6-14-12/h6-7H,2-5H2,1H3. The van der Waals surface area contributed by atoms with Crippen LogP contribution in [0.2, 0.25) is 0 Å². The van der Waals surface area contributed by atoms with Gasteiger partial charge in [0.1, 0.15) is 17.5 Å². The van der Waals surface area contributed by atoms with Crippen molar-refractivity contribution in [3.05, 3.63) is 23.1 Å². The molecule has 1 amide bonds. The smallest absolute Gasteiger partial charge is 0.410 e. The van der Waals surface area contributed by atoms with Gasteiger partial charge in [-0.15, -0.1) is 21.5 Å². The van der Waals surface area contributed by atoms with Gasteiger partial charge in [0.25, 0.3) is 0 Å². The normalized spacial score (nSPS) is 14.6. The molecule has 0 saturated heterocycles. The van der Waals surface area contributed by atoms with Gasteiger partial charge in [0, 0.05) is 11.4 Å². The van der Waals surface area contributed by atoms with Crippen LogP contribution in [0.15, 0.2) is 12.7 Å². The molecule has 0 aromatic carbocycles. The lowest BCUT2D eigenvalue weighted by atomic mass is 10.1. The predicted molar refractivity (Wildman–Crippen MR) is 77.3 cm³/mol. The van der Waals surface area contributed by atoms with Crippen LogP contribution < -0.4 is 0 Å². The summed E-state index contributed by atoms with van der Waals surface area (Å²) in [6.07, 6.45) is 3.92. The van der Waals surface area contributed by atoms with Gasteiger partial charge in [-0.05, 0) is 18.9 Å². The quantitative estimate of drug-likeness (QED) is 0.686. The topological polar surface area (TPSA) is 72.6 Å². The third kappa shape index (κ3) is 1.86. The lowest BCUT2D eigenvalue weighted by molar-refractivity contribution is 0.103. The Morgan fingerprint density at radius 1 is 1.48 bits per heavy atom. The summed E-state index contributed by atoms with van der Waals surface area (Å²) in [5, 5.41) is 9.19. The number of carbonyl (C=O) groups is 1. The summed E-state index contributed by atoms with van der Waals surface area (Å²) < 4.78 is 6.90. The zero-order valence-corrected chi connectivity index (χ0v) is 12.3. The highest BCUT2D eigenvalue weighted by Gasteiger charge is 2.26. The molecular formula is C13H13N5O2S. The van der Waals surface area contributed by atoms with E-state index in [4.69, 9.17) is 4.74 Å². The highest BCUT2D eigenvalue weighted by Crippen LogP contribution is 2.35. The molecule has 0 radical (unpaired) electrons. The van der Waals surface area contributed by atoms with Crippen LogP contribution in [0.4, 0.5) is 4.79 Å². The zero-order valence-electron chi connectivity index (χ0n) is 11.4. The number of rotatable bonds is 1. The molecule has 108 valence electrons. The molecule has 3 aromatic heterocycles. The Balaban J connectivity index is 1.80. The Kier molecular flexibility index (Phi) is 2.78. The van der Waals surface area contributed by atoms with Gasteiger partial charge in [-0.1, -0.05) is 0 Å². The maximum atomic E-state index is 11.9. The Hall–Kier alpha value is -2.22. The van der Waals surface area contributed by atoms with E-state index in [9.17, 15) is 4.79 Å². The van der Waals surface area contributed by atoms with Crippen LogP contribution in [0, 0.1) is 0 Å². The van der Waals surface area contributed by atoms with E-state index in [0.29, 0.717) is 19.7 Å². The fourth-order valence-corrected chi connectivity index (χ4v) is 3.90. The van der Waals surface area contributed by atoms with E-state index < -0.39 is 0 Å². The van der Waals surface area contributed by atoms with E-state index in [1.807, 2.05) is 11.3 Å². The molecule has 0 atom stereocenters. The van der Waals surface area contributed by atoms with Gasteiger partial charge in [0.2, 0.25) is 0 Å². The number of ether oxygens (including phenoxy) is 1. The SMILES string of the molecule is CCOC(=O)N1CCc2c(sc3ncn4cnnc4c23)C1. The van der Waals surface area contributed by atoms with Crippen LogP contribution in [0.5, 0.6) is 0 Å². The number of hydrogen-bond acceptors (Lipinski definition) is 6. The van der Waals surface area contributed by atoms with E-state index >= 15 is 0 Å². The zero-order chi connectivity index (χ0) is 14.4. The van der Waals surface area contributed by atoms with Crippen molar-refractivity contribution >= 4 is 33.3 Å². The second-order valence-electron chi connectivity index (χ2n) is 4.86. The largest absolute Gasteiger partial charge is 0.450 e. The molecule has 8 heteroatoms. The number of carbonyl (C=O) groups excluding carboxylic acids is 1. The molecule has 0 spiro atoms. The average molecular weight is 303 g/mol. The van der Waals surface area contributed by atoms with Crippen molar-refractivity contribution in [2.45, 2.75) is 19.9 Å².